The van der Waals surface area contributed by atoms with Crippen molar-refractivity contribution in [3.63, 3.8) is 0 Å². The van der Waals surface area contributed by atoms with Crippen LogP contribution < -0.4 is 15.5 Å². The average molecular weight is 557 g/mol. The van der Waals surface area contributed by atoms with Crippen molar-refractivity contribution >= 4 is 67.0 Å². The molecule has 4 rings (SSSR count). The number of carbonyl (C=O) groups is 2. The highest BCUT2D eigenvalue weighted by atomic mass is 79.9. The van der Waals surface area contributed by atoms with Gasteiger partial charge >= 0.3 is 0 Å². The summed E-state index contributed by atoms with van der Waals surface area (Å²) in [5.74, 6) is -0.233. The van der Waals surface area contributed by atoms with Gasteiger partial charge in [-0.05, 0) is 35.9 Å². The summed E-state index contributed by atoms with van der Waals surface area (Å²) >= 11 is 11.0. The van der Waals surface area contributed by atoms with E-state index in [2.05, 4.69) is 31.8 Å². The third-order valence-corrected chi connectivity index (χ3v) is 6.97. The summed E-state index contributed by atoms with van der Waals surface area (Å²) in [7, 11) is 0. The van der Waals surface area contributed by atoms with Crippen LogP contribution in [0.25, 0.3) is 10.1 Å². The Morgan fingerprint density at radius 1 is 1.03 bits per heavy atom. The Labute approximate surface area is 213 Å². The molecule has 0 aliphatic carbocycles. The monoisotopic (exact) mass is 555 g/mol. The molecule has 3 aromatic carbocycles. The molecule has 4 aromatic rings. The van der Waals surface area contributed by atoms with Crippen LogP contribution in [0.15, 0.2) is 82.4 Å². The molecule has 0 radical (unpaired) electrons. The number of hydrogen-bond donors (Lipinski definition) is 2. The highest BCUT2D eigenvalue weighted by Gasteiger charge is 2.17. The van der Waals surface area contributed by atoms with Crippen LogP contribution in [0.4, 0.5) is 0 Å². The second-order valence-electron chi connectivity index (χ2n) is 7.17. The second-order valence-corrected chi connectivity index (χ2v) is 9.52. The van der Waals surface area contributed by atoms with Crippen molar-refractivity contribution in [1.82, 2.24) is 10.7 Å². The Kier molecular flexibility index (Phi) is 7.95. The van der Waals surface area contributed by atoms with Crippen LogP contribution in [0.1, 0.15) is 20.8 Å². The van der Waals surface area contributed by atoms with Gasteiger partial charge in [0.25, 0.3) is 11.8 Å². The molecule has 0 aliphatic heterocycles. The van der Waals surface area contributed by atoms with E-state index in [9.17, 15) is 9.59 Å². The number of hydrazone groups is 1. The fourth-order valence-corrected chi connectivity index (χ4v) is 4.77. The van der Waals surface area contributed by atoms with Crippen LogP contribution >= 0.6 is 38.9 Å². The zero-order valence-electron chi connectivity index (χ0n) is 17.8. The molecule has 0 bridgehead atoms. The van der Waals surface area contributed by atoms with E-state index in [1.54, 1.807) is 0 Å². The van der Waals surface area contributed by atoms with E-state index >= 15 is 0 Å². The lowest BCUT2D eigenvalue weighted by Gasteiger charge is -2.09. The van der Waals surface area contributed by atoms with E-state index in [-0.39, 0.29) is 6.54 Å². The third kappa shape index (κ3) is 6.02. The topological polar surface area (TPSA) is 79.8 Å². The lowest BCUT2D eigenvalue weighted by atomic mass is 10.2. The highest BCUT2D eigenvalue weighted by molar-refractivity contribution is 9.10. The Hall–Kier alpha value is -3.20. The highest BCUT2D eigenvalue weighted by Crippen LogP contribution is 2.34. The van der Waals surface area contributed by atoms with Gasteiger partial charge in [-0.1, -0.05) is 70.0 Å². The maximum atomic E-state index is 12.5. The lowest BCUT2D eigenvalue weighted by Crippen LogP contribution is -2.34. The summed E-state index contributed by atoms with van der Waals surface area (Å²) in [6, 6.07) is 22.7. The SMILES string of the molecule is O=C(CNC(=O)c1sc2ccccc2c1Cl)N/N=C\c1ccccc1OCc1ccc(Br)cc1. The molecular weight excluding hydrogens is 538 g/mol. The summed E-state index contributed by atoms with van der Waals surface area (Å²) in [6.45, 7) is 0.166. The molecule has 9 heteroatoms. The van der Waals surface area contributed by atoms with Gasteiger partial charge in [-0.15, -0.1) is 11.3 Å². The zero-order valence-corrected chi connectivity index (χ0v) is 20.9. The van der Waals surface area contributed by atoms with Gasteiger partial charge in [0.2, 0.25) is 0 Å². The number of hydrogen-bond acceptors (Lipinski definition) is 5. The maximum absolute atomic E-state index is 12.5. The molecule has 0 fully saturated rings. The molecule has 0 aliphatic rings. The van der Waals surface area contributed by atoms with E-state index < -0.39 is 11.8 Å². The second kappa shape index (κ2) is 11.3. The predicted octanol–water partition coefficient (Wildman–Crippen LogP) is 5.78. The van der Waals surface area contributed by atoms with E-state index in [0.29, 0.717) is 27.8 Å². The number of para-hydroxylation sites is 1. The van der Waals surface area contributed by atoms with Crippen molar-refractivity contribution in [2.75, 3.05) is 6.54 Å². The largest absolute Gasteiger partial charge is 0.488 e. The van der Waals surface area contributed by atoms with E-state index in [0.717, 1.165) is 20.1 Å². The van der Waals surface area contributed by atoms with Crippen LogP contribution in [-0.2, 0) is 11.4 Å². The van der Waals surface area contributed by atoms with Crippen molar-refractivity contribution in [2.45, 2.75) is 6.61 Å². The van der Waals surface area contributed by atoms with E-state index in [1.165, 1.54) is 17.6 Å². The number of ether oxygens (including phenoxy) is 1. The number of nitrogens with one attached hydrogen (secondary N) is 2. The smallest absolute Gasteiger partial charge is 0.263 e. The number of nitrogens with zero attached hydrogens (tertiary/aromatic N) is 1. The first-order valence-electron chi connectivity index (χ1n) is 10.2. The van der Waals surface area contributed by atoms with Crippen LogP contribution in [0.5, 0.6) is 5.75 Å². The first-order valence-corrected chi connectivity index (χ1v) is 12.2. The van der Waals surface area contributed by atoms with Gasteiger partial charge in [0.1, 0.15) is 17.2 Å². The number of amides is 2. The fraction of sp³-hybridized carbons (Fsp3) is 0.0800. The van der Waals surface area contributed by atoms with Gasteiger partial charge < -0.3 is 10.1 Å². The number of benzene rings is 3. The van der Waals surface area contributed by atoms with Gasteiger partial charge in [0.15, 0.2) is 0 Å². The molecule has 0 atom stereocenters. The summed E-state index contributed by atoms with van der Waals surface area (Å²) in [4.78, 5) is 25.0. The number of fused-ring (bicyclic) bond motifs is 1. The van der Waals surface area contributed by atoms with Gasteiger partial charge in [0, 0.05) is 20.1 Å². The first kappa shape index (κ1) is 23.9. The molecule has 1 heterocycles. The molecule has 1 aromatic heterocycles. The molecule has 0 saturated carbocycles. The van der Waals surface area contributed by atoms with Crippen LogP contribution in [0.3, 0.4) is 0 Å². The van der Waals surface area contributed by atoms with Crippen molar-refractivity contribution in [2.24, 2.45) is 5.10 Å². The van der Waals surface area contributed by atoms with Crippen molar-refractivity contribution < 1.29 is 14.3 Å². The molecule has 2 amide bonds. The average Bonchev–Trinajstić information content (AvgIpc) is 3.19. The number of thiophene rings is 1. The van der Waals surface area contributed by atoms with Crippen LogP contribution in [-0.4, -0.2) is 24.6 Å². The molecular formula is C25H19BrClN3O3S. The van der Waals surface area contributed by atoms with Gasteiger partial charge in [0.05, 0.1) is 17.8 Å². The summed E-state index contributed by atoms with van der Waals surface area (Å²) in [6.07, 6.45) is 1.50. The minimum atomic E-state index is -0.463. The Balaban J connectivity index is 1.30. The van der Waals surface area contributed by atoms with Gasteiger partial charge in [-0.2, -0.15) is 5.10 Å². The minimum absolute atomic E-state index is 0.234. The van der Waals surface area contributed by atoms with Crippen LogP contribution in [0.2, 0.25) is 5.02 Å². The zero-order chi connectivity index (χ0) is 23.9. The molecule has 172 valence electrons. The molecule has 6 nitrogen and oxygen atoms in total. The fourth-order valence-electron chi connectivity index (χ4n) is 3.07. The van der Waals surface area contributed by atoms with Crippen molar-refractivity contribution in [3.8, 4) is 5.75 Å². The predicted molar refractivity (Wildman–Crippen MR) is 140 cm³/mol. The van der Waals surface area contributed by atoms with Crippen molar-refractivity contribution in [1.29, 1.82) is 0 Å². The Morgan fingerprint density at radius 2 is 1.76 bits per heavy atom. The summed E-state index contributed by atoms with van der Waals surface area (Å²) in [5.41, 5.74) is 4.15. The minimum Gasteiger partial charge on any atom is -0.488 e. The third-order valence-electron chi connectivity index (χ3n) is 4.77. The lowest BCUT2D eigenvalue weighted by molar-refractivity contribution is -0.120. The molecule has 2 N–H and O–H groups in total. The van der Waals surface area contributed by atoms with Crippen LogP contribution in [0, 0.1) is 0 Å². The number of halogens is 2. The van der Waals surface area contributed by atoms with E-state index in [1.807, 2.05) is 72.8 Å². The molecule has 0 unspecified atom stereocenters. The quantitative estimate of drug-likeness (QED) is 0.213. The van der Waals surface area contributed by atoms with Gasteiger partial charge in [-0.25, -0.2) is 5.43 Å². The summed E-state index contributed by atoms with van der Waals surface area (Å²) < 4.78 is 7.81. The molecule has 34 heavy (non-hydrogen) atoms. The number of carbonyl (C=O) groups excluding carboxylic acids is 2. The number of rotatable bonds is 8. The molecule has 0 saturated heterocycles. The molecule has 0 spiro atoms. The summed E-state index contributed by atoms with van der Waals surface area (Å²) in [5, 5.41) is 7.76. The Morgan fingerprint density at radius 3 is 2.56 bits per heavy atom. The Bertz CT molecular complexity index is 1360. The standard InChI is InChI=1S/C25H19BrClN3O3S/c26-18-11-9-16(10-12-18)15-33-20-7-3-1-5-17(20)13-29-30-22(31)14-28-25(32)24-23(27)19-6-2-4-8-21(19)34-24/h1-13H,14-15H2,(H,28,32)(H,30,31)/b29-13-. The van der Waals surface area contributed by atoms with E-state index in [4.69, 9.17) is 16.3 Å². The first-order chi connectivity index (χ1) is 16.5. The van der Waals surface area contributed by atoms with Gasteiger partial charge in [-0.3, -0.25) is 9.59 Å². The maximum Gasteiger partial charge on any atom is 0.263 e. The normalized spacial score (nSPS) is 11.0. The van der Waals surface area contributed by atoms with Crippen molar-refractivity contribution in [3.05, 3.63) is 98.3 Å².